The molecule has 0 bridgehead atoms. The largest absolute Gasteiger partial charge is 0.359 e. The molecule has 0 radical (unpaired) electrons. The lowest BCUT2D eigenvalue weighted by Gasteiger charge is -2.15. The van der Waals surface area contributed by atoms with Gasteiger partial charge in [-0.2, -0.15) is 15.2 Å². The van der Waals surface area contributed by atoms with E-state index < -0.39 is 8.07 Å². The number of aryl methyl sites for hydroxylation is 1. The SMILES string of the molecule is CCCCn1cc(-c2cnc3ccc(/N=c4\sc(C5CCCC5)nn4COCC[Si](C)(C)C)nc3c2)cn1. The first-order valence-electron chi connectivity index (χ1n) is 13.9. The van der Waals surface area contributed by atoms with Crippen LogP contribution in [-0.4, -0.2) is 44.2 Å². The average molecular weight is 550 g/mol. The van der Waals surface area contributed by atoms with Crippen LogP contribution in [0.15, 0.2) is 41.8 Å². The summed E-state index contributed by atoms with van der Waals surface area (Å²) in [6, 6.07) is 7.14. The molecule has 0 unspecified atom stereocenters. The van der Waals surface area contributed by atoms with Crippen LogP contribution in [0.3, 0.4) is 0 Å². The monoisotopic (exact) mass is 549 g/mol. The molecule has 4 aromatic rings. The van der Waals surface area contributed by atoms with Gasteiger partial charge in [0.2, 0.25) is 4.80 Å². The molecule has 5 rings (SSSR count). The van der Waals surface area contributed by atoms with Crippen LogP contribution >= 0.6 is 11.3 Å². The molecule has 0 atom stereocenters. The van der Waals surface area contributed by atoms with E-state index in [-0.39, 0.29) is 0 Å². The van der Waals surface area contributed by atoms with Gasteiger partial charge < -0.3 is 4.74 Å². The molecule has 0 N–H and O–H groups in total. The Hall–Kier alpha value is -2.69. The minimum atomic E-state index is -1.14. The van der Waals surface area contributed by atoms with Gasteiger partial charge in [0.15, 0.2) is 5.82 Å². The Balaban J connectivity index is 1.42. The second-order valence-electron chi connectivity index (χ2n) is 11.4. The fraction of sp³-hybridized carbons (Fsp3) is 0.536. The summed E-state index contributed by atoms with van der Waals surface area (Å²) in [5.74, 6) is 1.19. The fourth-order valence-corrected chi connectivity index (χ4v) is 6.45. The quantitative estimate of drug-likeness (QED) is 0.153. The molecule has 0 aromatic carbocycles. The highest BCUT2D eigenvalue weighted by Crippen LogP contribution is 2.34. The van der Waals surface area contributed by atoms with Crippen molar-refractivity contribution >= 4 is 36.3 Å². The van der Waals surface area contributed by atoms with Crippen molar-refractivity contribution in [2.75, 3.05) is 6.61 Å². The molecule has 1 saturated carbocycles. The minimum absolute atomic E-state index is 0.424. The average Bonchev–Trinajstić information content (AvgIpc) is 3.66. The van der Waals surface area contributed by atoms with E-state index in [1.54, 1.807) is 11.3 Å². The zero-order chi connectivity index (χ0) is 26.5. The predicted molar refractivity (Wildman–Crippen MR) is 156 cm³/mol. The van der Waals surface area contributed by atoms with Crippen LogP contribution in [0.25, 0.3) is 22.2 Å². The van der Waals surface area contributed by atoms with Gasteiger partial charge in [-0.05, 0) is 43.5 Å². The van der Waals surface area contributed by atoms with Crippen LogP contribution in [0.1, 0.15) is 56.4 Å². The van der Waals surface area contributed by atoms with Crippen molar-refractivity contribution in [3.05, 3.63) is 46.6 Å². The van der Waals surface area contributed by atoms with Crippen molar-refractivity contribution in [2.45, 2.75) is 90.3 Å². The number of hydrogen-bond acceptors (Lipinski definition) is 7. The zero-order valence-corrected chi connectivity index (χ0v) is 24.9. The lowest BCUT2D eigenvalue weighted by Crippen LogP contribution is -2.24. The van der Waals surface area contributed by atoms with E-state index >= 15 is 0 Å². The molecule has 0 aliphatic heterocycles. The maximum absolute atomic E-state index is 6.06. The van der Waals surface area contributed by atoms with Crippen molar-refractivity contribution in [3.8, 4) is 11.1 Å². The van der Waals surface area contributed by atoms with Crippen molar-refractivity contribution in [1.82, 2.24) is 29.5 Å². The van der Waals surface area contributed by atoms with Crippen LogP contribution < -0.4 is 4.80 Å². The first kappa shape index (κ1) is 26.9. The third-order valence-corrected chi connectivity index (χ3v) is 9.80. The Morgan fingerprint density at radius 1 is 1.11 bits per heavy atom. The zero-order valence-electron chi connectivity index (χ0n) is 23.1. The Morgan fingerprint density at radius 3 is 2.74 bits per heavy atom. The highest BCUT2D eigenvalue weighted by Gasteiger charge is 2.22. The van der Waals surface area contributed by atoms with Crippen molar-refractivity contribution in [2.24, 2.45) is 4.99 Å². The van der Waals surface area contributed by atoms with Gasteiger partial charge in [-0.1, -0.05) is 57.2 Å². The van der Waals surface area contributed by atoms with E-state index in [1.165, 1.54) is 30.7 Å². The maximum atomic E-state index is 6.06. The van der Waals surface area contributed by atoms with Crippen LogP contribution in [0.4, 0.5) is 5.82 Å². The van der Waals surface area contributed by atoms with E-state index in [0.717, 1.165) is 59.0 Å². The molecule has 8 nitrogen and oxygen atoms in total. The second-order valence-corrected chi connectivity index (χ2v) is 18.0. The van der Waals surface area contributed by atoms with Crippen LogP contribution in [0.5, 0.6) is 0 Å². The second kappa shape index (κ2) is 12.0. The van der Waals surface area contributed by atoms with Gasteiger partial charge in [0.05, 0.1) is 17.2 Å². The number of unbranched alkanes of at least 4 members (excludes halogenated alkanes) is 1. The topological polar surface area (TPSA) is 83.0 Å². The summed E-state index contributed by atoms with van der Waals surface area (Å²) < 4.78 is 9.98. The fourth-order valence-electron chi connectivity index (χ4n) is 4.63. The van der Waals surface area contributed by atoms with E-state index in [2.05, 4.69) is 48.9 Å². The smallest absolute Gasteiger partial charge is 0.211 e. The number of ether oxygens (including phenoxy) is 1. The lowest BCUT2D eigenvalue weighted by atomic mass is 10.1. The van der Waals surface area contributed by atoms with E-state index in [0.29, 0.717) is 18.5 Å². The summed E-state index contributed by atoms with van der Waals surface area (Å²) in [5.41, 5.74) is 3.74. The molecule has 10 heteroatoms. The van der Waals surface area contributed by atoms with Crippen LogP contribution in [-0.2, 0) is 18.0 Å². The van der Waals surface area contributed by atoms with Gasteiger partial charge in [0, 0.05) is 50.7 Å². The Bertz CT molecular complexity index is 1430. The summed E-state index contributed by atoms with van der Waals surface area (Å²) in [6.45, 7) is 11.4. The lowest BCUT2D eigenvalue weighted by molar-refractivity contribution is 0.0757. The van der Waals surface area contributed by atoms with Gasteiger partial charge in [-0.15, -0.1) is 0 Å². The van der Waals surface area contributed by atoms with Crippen molar-refractivity contribution in [3.63, 3.8) is 0 Å². The highest BCUT2D eigenvalue weighted by atomic mass is 32.1. The molecule has 38 heavy (non-hydrogen) atoms. The molecular weight excluding hydrogens is 511 g/mol. The third kappa shape index (κ3) is 6.84. The first-order valence-corrected chi connectivity index (χ1v) is 18.4. The number of aromatic nitrogens is 6. The Morgan fingerprint density at radius 2 is 1.95 bits per heavy atom. The van der Waals surface area contributed by atoms with Gasteiger partial charge >= 0.3 is 0 Å². The molecule has 4 aromatic heterocycles. The molecule has 1 fully saturated rings. The first-order chi connectivity index (χ1) is 18.4. The number of fused-ring (bicyclic) bond motifs is 1. The summed E-state index contributed by atoms with van der Waals surface area (Å²) >= 11 is 1.68. The van der Waals surface area contributed by atoms with E-state index in [4.69, 9.17) is 19.8 Å². The molecular formula is C28H39N7OSSi. The van der Waals surface area contributed by atoms with Crippen molar-refractivity contribution < 1.29 is 4.74 Å². The molecule has 0 amide bonds. The van der Waals surface area contributed by atoms with Crippen LogP contribution in [0.2, 0.25) is 25.7 Å². The predicted octanol–water partition coefficient (Wildman–Crippen LogP) is 6.75. The molecule has 1 aliphatic carbocycles. The van der Waals surface area contributed by atoms with E-state index in [1.807, 2.05) is 33.9 Å². The maximum Gasteiger partial charge on any atom is 0.211 e. The molecule has 1 aliphatic rings. The third-order valence-electron chi connectivity index (χ3n) is 6.99. The Kier molecular flexibility index (Phi) is 8.50. The molecule has 4 heterocycles. The number of pyridine rings is 2. The van der Waals surface area contributed by atoms with E-state index in [9.17, 15) is 0 Å². The molecule has 0 spiro atoms. The number of rotatable bonds is 11. The van der Waals surface area contributed by atoms with Crippen LogP contribution in [0, 0.1) is 0 Å². The standard InChI is InChI=1S/C28H39N7OSSi/c1-5-6-13-34-19-23(18-30-34)22-16-25-24(29-17-22)11-12-26(31-25)32-28-35(20-36-14-15-38(2,3)4)33-27(37-28)21-9-7-8-10-21/h11-12,16-19,21H,5-10,13-15,20H2,1-4H3/b32-28-. The summed E-state index contributed by atoms with van der Waals surface area (Å²) in [6.07, 6.45) is 13.1. The Labute approximate surface area is 229 Å². The van der Waals surface area contributed by atoms with Gasteiger partial charge in [0.25, 0.3) is 0 Å². The van der Waals surface area contributed by atoms with Gasteiger partial charge in [0.1, 0.15) is 11.7 Å². The molecule has 202 valence electrons. The minimum Gasteiger partial charge on any atom is -0.359 e. The highest BCUT2D eigenvalue weighted by molar-refractivity contribution is 7.08. The summed E-state index contributed by atoms with van der Waals surface area (Å²) in [4.78, 5) is 15.3. The number of hydrogen-bond donors (Lipinski definition) is 0. The summed E-state index contributed by atoms with van der Waals surface area (Å²) in [5, 5.41) is 10.6. The normalized spacial score (nSPS) is 15.2. The number of nitrogens with zero attached hydrogens (tertiary/aromatic N) is 7. The summed E-state index contributed by atoms with van der Waals surface area (Å²) in [7, 11) is -1.14. The molecule has 0 saturated heterocycles. The van der Waals surface area contributed by atoms with Gasteiger partial charge in [-0.25, -0.2) is 9.67 Å². The van der Waals surface area contributed by atoms with Crippen molar-refractivity contribution in [1.29, 1.82) is 0 Å². The van der Waals surface area contributed by atoms with Gasteiger partial charge in [-0.3, -0.25) is 9.67 Å².